The molecule has 0 atom stereocenters. The monoisotopic (exact) mass is 468 g/mol. The molecule has 29 heavy (non-hydrogen) atoms. The second-order valence-electron chi connectivity index (χ2n) is 6.15. The summed E-state index contributed by atoms with van der Waals surface area (Å²) in [6.07, 6.45) is -4.82. The molecule has 0 aliphatic carbocycles. The molecule has 1 saturated heterocycles. The van der Waals surface area contributed by atoms with Gasteiger partial charge in [-0.25, -0.2) is 8.42 Å². The molecule has 1 aliphatic rings. The van der Waals surface area contributed by atoms with Gasteiger partial charge in [-0.3, -0.25) is 4.79 Å². The third kappa shape index (κ3) is 5.28. The molecule has 3 rings (SSSR count). The lowest BCUT2D eigenvalue weighted by molar-refractivity contribution is -0.137. The van der Waals surface area contributed by atoms with Crippen LogP contribution in [0.3, 0.4) is 0 Å². The Morgan fingerprint density at radius 3 is 2.55 bits per heavy atom. The molecule has 0 radical (unpaired) electrons. The van der Waals surface area contributed by atoms with Crippen molar-refractivity contribution in [1.82, 2.24) is 4.31 Å². The topological polar surface area (TPSA) is 75.7 Å². The molecule has 2 aromatic rings. The van der Waals surface area contributed by atoms with E-state index in [0.29, 0.717) is 18.1 Å². The number of carbonyl (C=O) groups is 1. The molecule has 1 amide bonds. The van der Waals surface area contributed by atoms with Crippen LogP contribution >= 0.6 is 22.9 Å². The normalized spacial score (nSPS) is 16.0. The third-order valence-corrected chi connectivity index (χ3v) is 7.87. The van der Waals surface area contributed by atoms with Crippen molar-refractivity contribution in [3.63, 3.8) is 0 Å². The Kier molecular flexibility index (Phi) is 6.54. The number of sulfonamides is 1. The number of halogens is 4. The van der Waals surface area contributed by atoms with Gasteiger partial charge in [0.2, 0.25) is 5.91 Å². The summed E-state index contributed by atoms with van der Waals surface area (Å²) in [4.78, 5) is 12.7. The minimum absolute atomic E-state index is 0.0514. The van der Waals surface area contributed by atoms with Gasteiger partial charge in [0.05, 0.1) is 30.2 Å². The first kappa shape index (κ1) is 22.0. The molecule has 1 N–H and O–H groups in total. The lowest BCUT2D eigenvalue weighted by Crippen LogP contribution is -2.40. The van der Waals surface area contributed by atoms with Crippen molar-refractivity contribution >= 4 is 44.6 Å². The fourth-order valence-corrected chi connectivity index (χ4v) is 5.83. The van der Waals surface area contributed by atoms with Crippen LogP contribution in [0.15, 0.2) is 34.5 Å². The summed E-state index contributed by atoms with van der Waals surface area (Å²) in [5.41, 5.74) is -1.10. The summed E-state index contributed by atoms with van der Waals surface area (Å²) in [5.74, 6) is -0.572. The van der Waals surface area contributed by atoms with Crippen molar-refractivity contribution in [3.05, 3.63) is 45.8 Å². The van der Waals surface area contributed by atoms with Crippen molar-refractivity contribution < 1.29 is 31.1 Å². The number of amides is 1. The Balaban J connectivity index is 1.68. The van der Waals surface area contributed by atoms with E-state index in [1.807, 2.05) is 0 Å². The highest BCUT2D eigenvalue weighted by atomic mass is 35.5. The summed E-state index contributed by atoms with van der Waals surface area (Å²) >= 11 is 6.51. The Hall–Kier alpha value is -1.66. The average molecular weight is 469 g/mol. The molecule has 0 bridgehead atoms. The number of alkyl halides is 3. The van der Waals surface area contributed by atoms with E-state index in [0.717, 1.165) is 23.5 Å². The first-order chi connectivity index (χ1) is 13.6. The molecular formula is C17H16ClF3N2O4S2. The first-order valence-corrected chi connectivity index (χ1v) is 11.0. The maximum Gasteiger partial charge on any atom is 0.417 e. The number of ether oxygens (including phenoxy) is 1. The highest BCUT2D eigenvalue weighted by Gasteiger charge is 2.33. The Morgan fingerprint density at radius 2 is 1.90 bits per heavy atom. The summed E-state index contributed by atoms with van der Waals surface area (Å²) in [6, 6.07) is 6.00. The Morgan fingerprint density at radius 1 is 1.21 bits per heavy atom. The zero-order valence-electron chi connectivity index (χ0n) is 14.8. The predicted octanol–water partition coefficient (Wildman–Crippen LogP) is 3.62. The standard InChI is InChI=1S/C17H16ClF3N2O4S2/c18-14-3-1-11(9-13(14)17(19,20)21)22-15(24)10-12-2-4-16(28-12)29(25,26)23-5-7-27-8-6-23/h1-4,9H,5-8,10H2,(H,22,24). The van der Waals surface area contributed by atoms with Gasteiger partial charge in [0.15, 0.2) is 0 Å². The number of nitrogens with zero attached hydrogens (tertiary/aromatic N) is 1. The number of hydrogen-bond acceptors (Lipinski definition) is 5. The van der Waals surface area contributed by atoms with Gasteiger partial charge in [-0.1, -0.05) is 11.6 Å². The first-order valence-electron chi connectivity index (χ1n) is 8.40. The van der Waals surface area contributed by atoms with Gasteiger partial charge in [0.1, 0.15) is 4.21 Å². The van der Waals surface area contributed by atoms with Crippen molar-refractivity contribution in [3.8, 4) is 0 Å². The van der Waals surface area contributed by atoms with Crippen molar-refractivity contribution in [1.29, 1.82) is 0 Å². The van der Waals surface area contributed by atoms with Gasteiger partial charge < -0.3 is 10.1 Å². The average Bonchev–Trinajstić information content (AvgIpc) is 3.12. The quantitative estimate of drug-likeness (QED) is 0.727. The summed E-state index contributed by atoms with van der Waals surface area (Å²) in [5, 5.41) is 1.91. The van der Waals surface area contributed by atoms with Gasteiger partial charge >= 0.3 is 6.18 Å². The largest absolute Gasteiger partial charge is 0.417 e. The number of carbonyl (C=O) groups excluding carboxylic acids is 1. The lowest BCUT2D eigenvalue weighted by atomic mass is 10.2. The number of hydrogen-bond donors (Lipinski definition) is 1. The molecule has 0 unspecified atom stereocenters. The van der Waals surface area contributed by atoms with E-state index in [1.165, 1.54) is 22.5 Å². The van der Waals surface area contributed by atoms with Gasteiger partial charge in [0, 0.05) is 23.7 Å². The summed E-state index contributed by atoms with van der Waals surface area (Å²) in [6.45, 7) is 1.16. The highest BCUT2D eigenvalue weighted by molar-refractivity contribution is 7.91. The smallest absolute Gasteiger partial charge is 0.379 e. The minimum atomic E-state index is -4.64. The van der Waals surface area contributed by atoms with E-state index < -0.39 is 32.7 Å². The van der Waals surface area contributed by atoms with Crippen molar-refractivity contribution in [2.75, 3.05) is 31.6 Å². The molecule has 0 saturated carbocycles. The number of anilines is 1. The summed E-state index contributed by atoms with van der Waals surface area (Å²) < 4.78 is 70.5. The SMILES string of the molecule is O=C(Cc1ccc(S(=O)(=O)N2CCOCC2)s1)Nc1ccc(Cl)c(C(F)(F)F)c1. The molecule has 1 aromatic heterocycles. The lowest BCUT2D eigenvalue weighted by Gasteiger charge is -2.25. The van der Waals surface area contributed by atoms with E-state index in [4.69, 9.17) is 16.3 Å². The van der Waals surface area contributed by atoms with Crippen LogP contribution < -0.4 is 5.32 Å². The number of rotatable bonds is 5. The molecule has 0 spiro atoms. The number of nitrogens with one attached hydrogen (secondary N) is 1. The highest BCUT2D eigenvalue weighted by Crippen LogP contribution is 2.36. The maximum absolute atomic E-state index is 12.9. The van der Waals surface area contributed by atoms with E-state index in [-0.39, 0.29) is 29.4 Å². The van der Waals surface area contributed by atoms with Crippen LogP contribution in [0.4, 0.5) is 18.9 Å². The van der Waals surface area contributed by atoms with E-state index >= 15 is 0 Å². The number of thiophene rings is 1. The van der Waals surface area contributed by atoms with Gasteiger partial charge in [0.25, 0.3) is 10.0 Å². The van der Waals surface area contributed by atoms with E-state index in [2.05, 4.69) is 5.32 Å². The van der Waals surface area contributed by atoms with Crippen molar-refractivity contribution in [2.24, 2.45) is 0 Å². The molecule has 1 aliphatic heterocycles. The predicted molar refractivity (Wildman–Crippen MR) is 103 cm³/mol. The van der Waals surface area contributed by atoms with Crippen LogP contribution in [0, 0.1) is 0 Å². The fraction of sp³-hybridized carbons (Fsp3) is 0.353. The van der Waals surface area contributed by atoms with E-state index in [9.17, 15) is 26.4 Å². The fourth-order valence-electron chi connectivity index (χ4n) is 2.69. The zero-order chi connectivity index (χ0) is 21.2. The third-order valence-electron chi connectivity index (χ3n) is 4.09. The second-order valence-corrected chi connectivity index (χ2v) is 9.89. The minimum Gasteiger partial charge on any atom is -0.379 e. The zero-order valence-corrected chi connectivity index (χ0v) is 17.2. The molecule has 2 heterocycles. The number of morpholine rings is 1. The van der Waals surface area contributed by atoms with Crippen molar-refractivity contribution in [2.45, 2.75) is 16.8 Å². The van der Waals surface area contributed by atoms with Gasteiger partial charge in [-0.2, -0.15) is 17.5 Å². The van der Waals surface area contributed by atoms with Crippen LogP contribution in [0.5, 0.6) is 0 Å². The van der Waals surface area contributed by atoms with Gasteiger partial charge in [-0.15, -0.1) is 11.3 Å². The van der Waals surface area contributed by atoms with Crippen LogP contribution in [-0.4, -0.2) is 44.9 Å². The molecule has 6 nitrogen and oxygen atoms in total. The molecule has 158 valence electrons. The Labute approximate surface area is 174 Å². The van der Waals surface area contributed by atoms with E-state index in [1.54, 1.807) is 0 Å². The molecule has 12 heteroatoms. The molecular weight excluding hydrogens is 453 g/mol. The van der Waals surface area contributed by atoms with Gasteiger partial charge in [-0.05, 0) is 30.3 Å². The summed E-state index contributed by atoms with van der Waals surface area (Å²) in [7, 11) is -3.66. The second kappa shape index (κ2) is 8.60. The van der Waals surface area contributed by atoms with Crippen LogP contribution in [0.25, 0.3) is 0 Å². The van der Waals surface area contributed by atoms with Crippen LogP contribution in [0.1, 0.15) is 10.4 Å². The molecule has 1 aromatic carbocycles. The number of benzene rings is 1. The van der Waals surface area contributed by atoms with Crippen LogP contribution in [0.2, 0.25) is 5.02 Å². The Bertz CT molecular complexity index is 1000. The maximum atomic E-state index is 12.9. The molecule has 1 fully saturated rings. The van der Waals surface area contributed by atoms with Crippen LogP contribution in [-0.2, 0) is 32.2 Å².